The molecule has 2 atom stereocenters. The van der Waals surface area contributed by atoms with Gasteiger partial charge in [-0.2, -0.15) is 0 Å². The van der Waals surface area contributed by atoms with Crippen molar-refractivity contribution in [2.75, 3.05) is 0 Å². The van der Waals surface area contributed by atoms with Crippen LogP contribution in [0, 0.1) is 11.8 Å². The molecule has 0 radical (unpaired) electrons. The second kappa shape index (κ2) is 3.46. The lowest BCUT2D eigenvalue weighted by atomic mass is 9.70. The van der Waals surface area contributed by atoms with Crippen LogP contribution in [0.2, 0.25) is 0 Å². The summed E-state index contributed by atoms with van der Waals surface area (Å²) in [5.41, 5.74) is 1.09. The van der Waals surface area contributed by atoms with Crippen LogP contribution in [-0.2, 0) is 0 Å². The van der Waals surface area contributed by atoms with Crippen molar-refractivity contribution < 1.29 is 5.21 Å². The van der Waals surface area contributed by atoms with E-state index in [0.717, 1.165) is 18.1 Å². The van der Waals surface area contributed by atoms with E-state index in [1.807, 2.05) is 0 Å². The summed E-state index contributed by atoms with van der Waals surface area (Å²) in [5.74, 6) is 1.48. The third kappa shape index (κ3) is 1.35. The Morgan fingerprint density at radius 2 is 1.83 bits per heavy atom. The summed E-state index contributed by atoms with van der Waals surface area (Å²) in [5, 5.41) is 12.3. The van der Waals surface area contributed by atoms with Crippen molar-refractivity contribution in [2.24, 2.45) is 17.0 Å². The Hall–Kier alpha value is -0.530. The van der Waals surface area contributed by atoms with Gasteiger partial charge in [-0.15, -0.1) is 0 Å². The molecule has 0 aromatic heterocycles. The minimum absolute atomic E-state index is 0.637. The fraction of sp³-hybridized carbons (Fsp3) is 0.900. The Balaban J connectivity index is 2.09. The highest BCUT2D eigenvalue weighted by Gasteiger charge is 2.32. The molecule has 0 amide bonds. The van der Waals surface area contributed by atoms with Crippen molar-refractivity contribution in [2.45, 2.75) is 44.9 Å². The zero-order chi connectivity index (χ0) is 8.39. The predicted molar refractivity (Wildman–Crippen MR) is 48.5 cm³/mol. The average molecular weight is 167 g/mol. The maximum Gasteiger partial charge on any atom is 0.0604 e. The van der Waals surface area contributed by atoms with Gasteiger partial charge >= 0.3 is 0 Å². The molecule has 2 saturated carbocycles. The zero-order valence-electron chi connectivity index (χ0n) is 7.50. The van der Waals surface area contributed by atoms with E-state index >= 15 is 0 Å². The molecule has 0 aliphatic heterocycles. The van der Waals surface area contributed by atoms with Gasteiger partial charge in [0.05, 0.1) is 5.71 Å². The van der Waals surface area contributed by atoms with E-state index in [9.17, 15) is 0 Å². The third-order valence-electron chi connectivity index (χ3n) is 3.47. The van der Waals surface area contributed by atoms with Crippen LogP contribution in [0.4, 0.5) is 0 Å². The topological polar surface area (TPSA) is 32.6 Å². The Morgan fingerprint density at radius 3 is 2.67 bits per heavy atom. The van der Waals surface area contributed by atoms with Crippen LogP contribution in [-0.4, -0.2) is 10.9 Å². The van der Waals surface area contributed by atoms with Crippen LogP contribution < -0.4 is 0 Å². The minimum Gasteiger partial charge on any atom is -0.411 e. The molecule has 2 nitrogen and oxygen atoms in total. The van der Waals surface area contributed by atoms with Crippen LogP contribution in [0.5, 0.6) is 0 Å². The van der Waals surface area contributed by atoms with Crippen LogP contribution in [0.15, 0.2) is 5.16 Å². The molecule has 0 aromatic rings. The van der Waals surface area contributed by atoms with Gasteiger partial charge in [0.25, 0.3) is 0 Å². The first-order chi connectivity index (χ1) is 5.92. The molecule has 0 spiro atoms. The van der Waals surface area contributed by atoms with Crippen LogP contribution in [0.3, 0.4) is 0 Å². The summed E-state index contributed by atoms with van der Waals surface area (Å²) in [4.78, 5) is 0. The lowest BCUT2D eigenvalue weighted by molar-refractivity contribution is 0.243. The molecule has 2 fully saturated rings. The molecule has 2 heteroatoms. The van der Waals surface area contributed by atoms with Gasteiger partial charge in [-0.25, -0.2) is 0 Å². The number of nitrogens with zero attached hydrogens (tertiary/aromatic N) is 1. The van der Waals surface area contributed by atoms with Crippen molar-refractivity contribution in [3.05, 3.63) is 0 Å². The smallest absolute Gasteiger partial charge is 0.0604 e. The molecular weight excluding hydrogens is 150 g/mol. The zero-order valence-corrected chi connectivity index (χ0v) is 7.50. The molecule has 2 aliphatic carbocycles. The maximum absolute atomic E-state index is 8.82. The Labute approximate surface area is 73.7 Å². The summed E-state index contributed by atoms with van der Waals surface area (Å²) in [6.07, 6.45) is 9.00. The summed E-state index contributed by atoms with van der Waals surface area (Å²) >= 11 is 0. The van der Waals surface area contributed by atoms with E-state index in [0.29, 0.717) is 5.92 Å². The summed E-state index contributed by atoms with van der Waals surface area (Å²) in [6.45, 7) is 0. The molecule has 0 saturated heterocycles. The van der Waals surface area contributed by atoms with Gasteiger partial charge < -0.3 is 5.21 Å². The van der Waals surface area contributed by atoms with E-state index in [2.05, 4.69) is 5.16 Å². The molecule has 0 unspecified atom stereocenters. The van der Waals surface area contributed by atoms with Gasteiger partial charge in [-0.3, -0.25) is 0 Å². The van der Waals surface area contributed by atoms with E-state index in [4.69, 9.17) is 5.21 Å². The maximum atomic E-state index is 8.82. The van der Waals surface area contributed by atoms with Crippen molar-refractivity contribution >= 4 is 5.71 Å². The summed E-state index contributed by atoms with van der Waals surface area (Å²) < 4.78 is 0. The monoisotopic (exact) mass is 167 g/mol. The molecule has 2 rings (SSSR count). The van der Waals surface area contributed by atoms with Gasteiger partial charge in [0.1, 0.15) is 0 Å². The fourth-order valence-electron chi connectivity index (χ4n) is 2.85. The number of hydrogen-bond acceptors (Lipinski definition) is 2. The Morgan fingerprint density at radius 1 is 1.08 bits per heavy atom. The number of fused-ring (bicyclic) bond motifs is 1. The predicted octanol–water partition coefficient (Wildman–Crippen LogP) is 2.81. The van der Waals surface area contributed by atoms with E-state index in [1.54, 1.807) is 0 Å². The average Bonchev–Trinajstić information content (AvgIpc) is 2.17. The Kier molecular flexibility index (Phi) is 2.33. The van der Waals surface area contributed by atoms with Crippen molar-refractivity contribution in [3.63, 3.8) is 0 Å². The summed E-state index contributed by atoms with van der Waals surface area (Å²) in [6, 6.07) is 0. The first-order valence-corrected chi connectivity index (χ1v) is 5.12. The molecule has 0 aromatic carbocycles. The molecule has 0 heterocycles. The SMILES string of the molecule is O/N=C1\CCC[C@@H]2CCCC[C@H]12. The van der Waals surface area contributed by atoms with Crippen LogP contribution >= 0.6 is 0 Å². The second-order valence-electron chi connectivity index (χ2n) is 4.13. The number of oxime groups is 1. The lowest BCUT2D eigenvalue weighted by Crippen LogP contribution is -2.31. The van der Waals surface area contributed by atoms with Crippen molar-refractivity contribution in [1.29, 1.82) is 0 Å². The van der Waals surface area contributed by atoms with Crippen molar-refractivity contribution in [3.8, 4) is 0 Å². The van der Waals surface area contributed by atoms with E-state index < -0.39 is 0 Å². The molecular formula is C10H17NO. The molecule has 0 bridgehead atoms. The molecule has 1 N–H and O–H groups in total. The quantitative estimate of drug-likeness (QED) is 0.436. The summed E-state index contributed by atoms with van der Waals surface area (Å²) in [7, 11) is 0. The van der Waals surface area contributed by atoms with Gasteiger partial charge in [0.15, 0.2) is 0 Å². The Bertz CT molecular complexity index is 186. The van der Waals surface area contributed by atoms with E-state index in [-0.39, 0.29) is 0 Å². The second-order valence-corrected chi connectivity index (χ2v) is 4.13. The molecule has 2 aliphatic rings. The first-order valence-electron chi connectivity index (χ1n) is 5.12. The fourth-order valence-corrected chi connectivity index (χ4v) is 2.85. The van der Waals surface area contributed by atoms with Gasteiger partial charge in [-0.05, 0) is 38.0 Å². The number of rotatable bonds is 0. The highest BCUT2D eigenvalue weighted by Crippen LogP contribution is 2.38. The lowest BCUT2D eigenvalue weighted by Gasteiger charge is -2.35. The van der Waals surface area contributed by atoms with Gasteiger partial charge in [-0.1, -0.05) is 18.0 Å². The standard InChI is InChI=1S/C10H17NO/c12-11-10-7-3-5-8-4-1-2-6-9(8)10/h8-9,12H,1-7H2/b11-10+/t8-,9-/m0/s1. The minimum atomic E-state index is 0.637. The highest BCUT2D eigenvalue weighted by atomic mass is 16.4. The largest absolute Gasteiger partial charge is 0.411 e. The highest BCUT2D eigenvalue weighted by molar-refractivity contribution is 5.87. The number of hydrogen-bond donors (Lipinski definition) is 1. The molecule has 68 valence electrons. The van der Waals surface area contributed by atoms with E-state index in [1.165, 1.54) is 38.5 Å². The third-order valence-corrected chi connectivity index (χ3v) is 3.47. The van der Waals surface area contributed by atoms with Crippen LogP contribution in [0.1, 0.15) is 44.9 Å². The normalized spacial score (nSPS) is 39.5. The van der Waals surface area contributed by atoms with Crippen LogP contribution in [0.25, 0.3) is 0 Å². The van der Waals surface area contributed by atoms with Crippen molar-refractivity contribution in [1.82, 2.24) is 0 Å². The first kappa shape index (κ1) is 8.09. The molecule has 12 heavy (non-hydrogen) atoms. The van der Waals surface area contributed by atoms with Gasteiger partial charge in [0, 0.05) is 5.92 Å². The van der Waals surface area contributed by atoms with Gasteiger partial charge in [0.2, 0.25) is 0 Å².